The molecular weight excluding hydrogens is 250 g/mol. The minimum Gasteiger partial charge on any atom is -0.326 e. The molecule has 108 valence electrons. The number of piperazine rings is 1. The molecule has 20 heavy (non-hydrogen) atoms. The number of carbonyl (C=O) groups excluding carboxylic acids is 1. The number of carbonyl (C=O) groups is 1. The Bertz CT molecular complexity index is 461. The van der Waals surface area contributed by atoms with Crippen LogP contribution < -0.4 is 10.6 Å². The minimum atomic E-state index is -0.0152. The molecule has 1 atom stereocenters. The van der Waals surface area contributed by atoms with Gasteiger partial charge < -0.3 is 10.6 Å². The van der Waals surface area contributed by atoms with Gasteiger partial charge >= 0.3 is 0 Å². The second-order valence-corrected chi connectivity index (χ2v) is 5.87. The highest BCUT2D eigenvalue weighted by atomic mass is 16.1. The monoisotopic (exact) mass is 273 g/mol. The predicted octanol–water partition coefficient (Wildman–Crippen LogP) is 2.00. The summed E-state index contributed by atoms with van der Waals surface area (Å²) in [5.41, 5.74) is 2.28. The Morgan fingerprint density at radius 1 is 1.25 bits per heavy atom. The van der Waals surface area contributed by atoms with Gasteiger partial charge in [0.05, 0.1) is 0 Å². The van der Waals surface area contributed by atoms with Crippen LogP contribution in [0.2, 0.25) is 0 Å². The van der Waals surface area contributed by atoms with Crippen molar-refractivity contribution in [1.82, 2.24) is 10.2 Å². The summed E-state index contributed by atoms with van der Waals surface area (Å²) in [7, 11) is 0. The first-order valence-corrected chi connectivity index (χ1v) is 7.56. The van der Waals surface area contributed by atoms with Crippen molar-refractivity contribution >= 4 is 11.6 Å². The van der Waals surface area contributed by atoms with Gasteiger partial charge in [0.2, 0.25) is 5.91 Å². The first kappa shape index (κ1) is 13.6. The molecule has 0 spiro atoms. The normalized spacial score (nSPS) is 21.4. The van der Waals surface area contributed by atoms with Crippen molar-refractivity contribution in [3.8, 4) is 0 Å². The molecule has 1 saturated carbocycles. The molecule has 4 nitrogen and oxygen atoms in total. The molecule has 2 N–H and O–H groups in total. The van der Waals surface area contributed by atoms with Crippen LogP contribution in [0.5, 0.6) is 0 Å². The van der Waals surface area contributed by atoms with Crippen LogP contribution in [0, 0.1) is 5.92 Å². The maximum atomic E-state index is 11.1. The molecule has 2 fully saturated rings. The lowest BCUT2D eigenvalue weighted by Crippen LogP contribution is -2.45. The van der Waals surface area contributed by atoms with Crippen LogP contribution in [0.25, 0.3) is 0 Å². The zero-order valence-electron chi connectivity index (χ0n) is 12.1. The molecule has 1 aromatic carbocycles. The Hall–Kier alpha value is -1.39. The smallest absolute Gasteiger partial charge is 0.221 e. The maximum absolute atomic E-state index is 11.1. The van der Waals surface area contributed by atoms with E-state index in [1.165, 1.54) is 18.4 Å². The van der Waals surface area contributed by atoms with Crippen molar-refractivity contribution in [2.45, 2.75) is 25.8 Å². The van der Waals surface area contributed by atoms with Crippen molar-refractivity contribution in [3.05, 3.63) is 29.8 Å². The summed E-state index contributed by atoms with van der Waals surface area (Å²) < 4.78 is 0. The number of hydrogen-bond acceptors (Lipinski definition) is 3. The zero-order valence-corrected chi connectivity index (χ0v) is 12.1. The average Bonchev–Trinajstić information content (AvgIpc) is 3.26. The van der Waals surface area contributed by atoms with E-state index >= 15 is 0 Å². The molecule has 1 heterocycles. The molecule has 0 unspecified atom stereocenters. The number of rotatable bonds is 4. The third-order valence-corrected chi connectivity index (χ3v) is 4.19. The molecule has 1 aliphatic heterocycles. The Morgan fingerprint density at radius 2 is 1.90 bits per heavy atom. The molecule has 0 bridgehead atoms. The standard InChI is InChI=1S/C16H23N3O/c1-12(20)18-15-6-4-14(5-7-15)16(13-2-3-13)19-10-8-17-9-11-19/h4-7,13,16-17H,2-3,8-11H2,1H3,(H,18,20)/t16-/m1/s1. The van der Waals surface area contributed by atoms with E-state index in [2.05, 4.69) is 27.7 Å². The molecule has 2 aliphatic rings. The number of nitrogens with one attached hydrogen (secondary N) is 2. The quantitative estimate of drug-likeness (QED) is 0.882. The van der Waals surface area contributed by atoms with E-state index in [4.69, 9.17) is 0 Å². The van der Waals surface area contributed by atoms with Crippen LogP contribution >= 0.6 is 0 Å². The van der Waals surface area contributed by atoms with Crippen molar-refractivity contribution in [2.75, 3.05) is 31.5 Å². The first-order valence-electron chi connectivity index (χ1n) is 7.56. The van der Waals surface area contributed by atoms with Gasteiger partial charge in [-0.05, 0) is 36.5 Å². The Labute approximate surface area is 120 Å². The Balaban J connectivity index is 1.75. The van der Waals surface area contributed by atoms with Gasteiger partial charge in [-0.25, -0.2) is 0 Å². The van der Waals surface area contributed by atoms with Crippen LogP contribution in [0.15, 0.2) is 24.3 Å². The van der Waals surface area contributed by atoms with Gasteiger partial charge in [-0.1, -0.05) is 12.1 Å². The second kappa shape index (κ2) is 5.94. The van der Waals surface area contributed by atoms with E-state index in [0.717, 1.165) is 37.8 Å². The highest BCUT2D eigenvalue weighted by Crippen LogP contribution is 2.44. The molecule has 1 saturated heterocycles. The third-order valence-electron chi connectivity index (χ3n) is 4.19. The van der Waals surface area contributed by atoms with Gasteiger partial charge in [-0.2, -0.15) is 0 Å². The molecule has 3 rings (SSSR count). The summed E-state index contributed by atoms with van der Waals surface area (Å²) in [5.74, 6) is 0.804. The van der Waals surface area contributed by atoms with Crippen molar-refractivity contribution in [2.24, 2.45) is 5.92 Å². The molecule has 1 aromatic rings. The number of hydrogen-bond donors (Lipinski definition) is 2. The fourth-order valence-electron chi connectivity index (χ4n) is 3.12. The molecule has 0 aromatic heterocycles. The third kappa shape index (κ3) is 3.19. The lowest BCUT2D eigenvalue weighted by Gasteiger charge is -2.35. The largest absolute Gasteiger partial charge is 0.326 e. The van der Waals surface area contributed by atoms with Gasteiger partial charge in [-0.3, -0.25) is 9.69 Å². The van der Waals surface area contributed by atoms with Gasteiger partial charge in [0.15, 0.2) is 0 Å². The van der Waals surface area contributed by atoms with E-state index in [1.54, 1.807) is 6.92 Å². The second-order valence-electron chi connectivity index (χ2n) is 5.87. The van der Waals surface area contributed by atoms with Crippen LogP contribution in [-0.2, 0) is 4.79 Å². The molecular formula is C16H23N3O. The van der Waals surface area contributed by atoms with Crippen LogP contribution in [0.3, 0.4) is 0 Å². The van der Waals surface area contributed by atoms with E-state index in [1.807, 2.05) is 12.1 Å². The van der Waals surface area contributed by atoms with E-state index in [0.29, 0.717) is 6.04 Å². The maximum Gasteiger partial charge on any atom is 0.221 e. The van der Waals surface area contributed by atoms with E-state index in [-0.39, 0.29) is 5.91 Å². The Kier molecular flexibility index (Phi) is 4.03. The van der Waals surface area contributed by atoms with Crippen LogP contribution in [0.4, 0.5) is 5.69 Å². The SMILES string of the molecule is CC(=O)Nc1ccc([C@@H](C2CC2)N2CCNCC2)cc1. The highest BCUT2D eigenvalue weighted by Gasteiger charge is 2.36. The highest BCUT2D eigenvalue weighted by molar-refractivity contribution is 5.88. The van der Waals surface area contributed by atoms with Crippen molar-refractivity contribution in [3.63, 3.8) is 0 Å². The summed E-state index contributed by atoms with van der Waals surface area (Å²) >= 11 is 0. The average molecular weight is 273 g/mol. The number of anilines is 1. The lowest BCUT2D eigenvalue weighted by atomic mass is 9.99. The van der Waals surface area contributed by atoms with Gasteiger partial charge in [0, 0.05) is 44.8 Å². The minimum absolute atomic E-state index is 0.0152. The molecule has 1 amide bonds. The molecule has 4 heteroatoms. The summed E-state index contributed by atoms with van der Waals surface area (Å²) in [4.78, 5) is 13.7. The molecule has 0 radical (unpaired) electrons. The number of nitrogens with zero attached hydrogens (tertiary/aromatic N) is 1. The topological polar surface area (TPSA) is 44.4 Å². The van der Waals surface area contributed by atoms with Crippen molar-refractivity contribution in [1.29, 1.82) is 0 Å². The van der Waals surface area contributed by atoms with Crippen LogP contribution in [0.1, 0.15) is 31.4 Å². The summed E-state index contributed by atoms with van der Waals surface area (Å²) in [5, 5.41) is 6.25. The number of benzene rings is 1. The summed E-state index contributed by atoms with van der Waals surface area (Å²) in [6.45, 7) is 5.99. The fraction of sp³-hybridized carbons (Fsp3) is 0.562. The van der Waals surface area contributed by atoms with Gasteiger partial charge in [0.1, 0.15) is 0 Å². The van der Waals surface area contributed by atoms with E-state index in [9.17, 15) is 4.79 Å². The van der Waals surface area contributed by atoms with Gasteiger partial charge in [0.25, 0.3) is 0 Å². The zero-order chi connectivity index (χ0) is 13.9. The fourth-order valence-corrected chi connectivity index (χ4v) is 3.12. The first-order chi connectivity index (χ1) is 9.74. The van der Waals surface area contributed by atoms with Crippen molar-refractivity contribution < 1.29 is 4.79 Å². The van der Waals surface area contributed by atoms with Gasteiger partial charge in [-0.15, -0.1) is 0 Å². The lowest BCUT2D eigenvalue weighted by molar-refractivity contribution is -0.114. The number of amides is 1. The summed E-state index contributed by atoms with van der Waals surface area (Å²) in [6, 6.07) is 8.96. The van der Waals surface area contributed by atoms with E-state index < -0.39 is 0 Å². The van der Waals surface area contributed by atoms with Crippen LogP contribution in [-0.4, -0.2) is 37.0 Å². The summed E-state index contributed by atoms with van der Waals surface area (Å²) in [6.07, 6.45) is 2.70. The predicted molar refractivity (Wildman–Crippen MR) is 80.7 cm³/mol. The molecule has 1 aliphatic carbocycles. The Morgan fingerprint density at radius 3 is 2.45 bits per heavy atom.